The molecule has 0 saturated heterocycles. The van der Waals surface area contributed by atoms with E-state index in [1.807, 2.05) is 6.07 Å². The predicted molar refractivity (Wildman–Crippen MR) is 130 cm³/mol. The second-order valence-electron chi connectivity index (χ2n) is 6.70. The number of carbonyl (C=O) groups excluding carboxylic acids is 1. The van der Waals surface area contributed by atoms with Gasteiger partial charge in [-0.25, -0.2) is 0 Å². The predicted octanol–water partition coefficient (Wildman–Crippen LogP) is 5.95. The smallest absolute Gasteiger partial charge is 0.269 e. The molecular formula is C23H15Br2N3O5. The van der Waals surface area contributed by atoms with Gasteiger partial charge in [0.1, 0.15) is 29.7 Å². The number of nitrogens with one attached hydrogen (secondary N) is 1. The molecule has 3 aromatic carbocycles. The lowest BCUT2D eigenvalue weighted by atomic mass is 10.1. The Balaban J connectivity index is 1.74. The first-order chi connectivity index (χ1) is 15.8. The van der Waals surface area contributed by atoms with Crippen LogP contribution in [-0.4, -0.2) is 15.9 Å². The maximum atomic E-state index is 12.4. The number of nitro groups is 1. The Labute approximate surface area is 205 Å². The number of non-ortho nitro benzene ring substituents is 1. The third-order valence-corrected chi connectivity index (χ3v) is 5.53. The minimum Gasteiger partial charge on any atom is -0.508 e. The number of carbonyl (C=O) groups is 1. The number of ether oxygens (including phenoxy) is 1. The van der Waals surface area contributed by atoms with Crippen LogP contribution >= 0.6 is 31.9 Å². The first-order valence-corrected chi connectivity index (χ1v) is 10.9. The zero-order chi connectivity index (χ0) is 24.0. The van der Waals surface area contributed by atoms with E-state index in [-0.39, 0.29) is 23.6 Å². The summed E-state index contributed by atoms with van der Waals surface area (Å²) in [5.74, 6) is -0.0267. The van der Waals surface area contributed by atoms with E-state index in [1.54, 1.807) is 24.3 Å². The topological polar surface area (TPSA) is 125 Å². The van der Waals surface area contributed by atoms with Gasteiger partial charge in [-0.15, -0.1) is 0 Å². The second kappa shape index (κ2) is 10.8. The SMILES string of the molecule is N#C/C(=C\c1cc(Br)c(OCc2ccc([N+](=O)[O-])cc2)c(Br)c1)C(=O)Nc1ccc(O)cc1. The highest BCUT2D eigenvalue weighted by Crippen LogP contribution is 2.36. The molecule has 0 aliphatic carbocycles. The molecule has 0 saturated carbocycles. The fourth-order valence-electron chi connectivity index (χ4n) is 2.73. The van der Waals surface area contributed by atoms with E-state index in [2.05, 4.69) is 37.2 Å². The van der Waals surface area contributed by atoms with Crippen molar-refractivity contribution < 1.29 is 19.6 Å². The van der Waals surface area contributed by atoms with Crippen molar-refractivity contribution in [3.63, 3.8) is 0 Å². The molecule has 0 radical (unpaired) electrons. The van der Waals surface area contributed by atoms with Gasteiger partial charge in [-0.05, 0) is 97.6 Å². The van der Waals surface area contributed by atoms with E-state index in [1.165, 1.54) is 42.5 Å². The summed E-state index contributed by atoms with van der Waals surface area (Å²) in [4.78, 5) is 22.7. The molecule has 0 fully saturated rings. The van der Waals surface area contributed by atoms with E-state index < -0.39 is 10.8 Å². The maximum absolute atomic E-state index is 12.4. The van der Waals surface area contributed by atoms with Crippen molar-refractivity contribution in [3.05, 3.63) is 96.4 Å². The van der Waals surface area contributed by atoms with E-state index in [9.17, 15) is 25.3 Å². The molecule has 1 amide bonds. The Kier molecular flexibility index (Phi) is 7.82. The van der Waals surface area contributed by atoms with Crippen LogP contribution in [0.5, 0.6) is 11.5 Å². The minimum absolute atomic E-state index is 0.00000316. The minimum atomic E-state index is -0.589. The molecule has 0 bridgehead atoms. The van der Waals surface area contributed by atoms with Crippen molar-refractivity contribution in [3.8, 4) is 17.6 Å². The molecule has 166 valence electrons. The average Bonchev–Trinajstić information content (AvgIpc) is 2.78. The zero-order valence-corrected chi connectivity index (χ0v) is 20.0. The third kappa shape index (κ3) is 6.41. The molecular weight excluding hydrogens is 558 g/mol. The third-order valence-electron chi connectivity index (χ3n) is 4.35. The van der Waals surface area contributed by atoms with Crippen molar-refractivity contribution in [2.24, 2.45) is 0 Å². The van der Waals surface area contributed by atoms with E-state index >= 15 is 0 Å². The number of rotatable bonds is 7. The summed E-state index contributed by atoms with van der Waals surface area (Å²) in [7, 11) is 0. The zero-order valence-electron chi connectivity index (χ0n) is 16.8. The van der Waals surface area contributed by atoms with Crippen LogP contribution in [0.2, 0.25) is 0 Å². The van der Waals surface area contributed by atoms with E-state index in [0.717, 1.165) is 5.56 Å². The summed E-state index contributed by atoms with van der Waals surface area (Å²) in [5, 5.41) is 32.1. The number of phenolic OH excluding ortho intramolecular Hbond substituents is 1. The number of halogens is 2. The molecule has 0 unspecified atom stereocenters. The van der Waals surface area contributed by atoms with Gasteiger partial charge in [0.25, 0.3) is 11.6 Å². The lowest BCUT2D eigenvalue weighted by molar-refractivity contribution is -0.384. The van der Waals surface area contributed by atoms with Crippen molar-refractivity contribution in [1.82, 2.24) is 0 Å². The van der Waals surface area contributed by atoms with Gasteiger partial charge in [0.15, 0.2) is 0 Å². The number of nitrogens with zero attached hydrogens (tertiary/aromatic N) is 2. The van der Waals surface area contributed by atoms with Crippen LogP contribution in [0.15, 0.2) is 75.2 Å². The van der Waals surface area contributed by atoms with Crippen molar-refractivity contribution >= 4 is 55.2 Å². The summed E-state index contributed by atoms with van der Waals surface area (Å²) in [6.45, 7) is 0.183. The van der Waals surface area contributed by atoms with Gasteiger partial charge in [-0.3, -0.25) is 14.9 Å². The Hall–Kier alpha value is -3.68. The number of hydrogen-bond acceptors (Lipinski definition) is 6. The van der Waals surface area contributed by atoms with Crippen LogP contribution in [0, 0.1) is 21.4 Å². The van der Waals surface area contributed by atoms with Gasteiger partial charge in [0.05, 0.1) is 13.9 Å². The normalized spacial score (nSPS) is 10.9. The molecule has 33 heavy (non-hydrogen) atoms. The summed E-state index contributed by atoms with van der Waals surface area (Å²) >= 11 is 6.86. The fraction of sp³-hybridized carbons (Fsp3) is 0.0435. The molecule has 8 nitrogen and oxygen atoms in total. The molecule has 10 heteroatoms. The second-order valence-corrected chi connectivity index (χ2v) is 8.41. The monoisotopic (exact) mass is 571 g/mol. The number of hydrogen-bond donors (Lipinski definition) is 2. The quantitative estimate of drug-likeness (QED) is 0.118. The van der Waals surface area contributed by atoms with Crippen LogP contribution < -0.4 is 10.1 Å². The van der Waals surface area contributed by atoms with Gasteiger partial charge in [0, 0.05) is 17.8 Å². The van der Waals surface area contributed by atoms with Crippen LogP contribution in [0.25, 0.3) is 6.08 Å². The number of phenols is 1. The molecule has 0 aliphatic heterocycles. The molecule has 3 aromatic rings. The van der Waals surface area contributed by atoms with Crippen molar-refractivity contribution in [2.75, 3.05) is 5.32 Å². The fourth-order valence-corrected chi connectivity index (χ4v) is 4.18. The summed E-state index contributed by atoms with van der Waals surface area (Å²) in [5.41, 5.74) is 1.66. The Morgan fingerprint density at radius 3 is 2.27 bits per heavy atom. The summed E-state index contributed by atoms with van der Waals surface area (Å²) < 4.78 is 7.00. The van der Waals surface area contributed by atoms with Crippen molar-refractivity contribution in [1.29, 1.82) is 5.26 Å². The van der Waals surface area contributed by atoms with Crippen LogP contribution in [0.3, 0.4) is 0 Å². The number of benzene rings is 3. The van der Waals surface area contributed by atoms with E-state index in [4.69, 9.17) is 4.74 Å². The number of nitriles is 1. The molecule has 0 aromatic heterocycles. The standard InChI is InChI=1S/C23H15Br2N3O5/c24-20-10-15(9-16(12-26)23(30)27-17-3-7-19(29)8-4-17)11-21(25)22(20)33-13-14-1-5-18(6-2-14)28(31)32/h1-11,29H,13H2,(H,27,30)/b16-9+. The maximum Gasteiger partial charge on any atom is 0.269 e. The van der Waals surface area contributed by atoms with Gasteiger partial charge in [0.2, 0.25) is 0 Å². The molecule has 0 spiro atoms. The lowest BCUT2D eigenvalue weighted by Crippen LogP contribution is -2.13. The molecule has 3 rings (SSSR count). The Morgan fingerprint density at radius 1 is 1.12 bits per heavy atom. The Morgan fingerprint density at radius 2 is 1.73 bits per heavy atom. The lowest BCUT2D eigenvalue weighted by Gasteiger charge is -2.12. The van der Waals surface area contributed by atoms with Crippen molar-refractivity contribution in [2.45, 2.75) is 6.61 Å². The van der Waals surface area contributed by atoms with E-state index in [0.29, 0.717) is 25.9 Å². The molecule has 2 N–H and O–H groups in total. The van der Waals surface area contributed by atoms with Crippen LogP contribution in [0.1, 0.15) is 11.1 Å². The average molecular weight is 573 g/mol. The highest BCUT2D eigenvalue weighted by atomic mass is 79.9. The summed E-state index contributed by atoms with van der Waals surface area (Å²) in [6.07, 6.45) is 1.44. The highest BCUT2D eigenvalue weighted by Gasteiger charge is 2.13. The van der Waals surface area contributed by atoms with Gasteiger partial charge >= 0.3 is 0 Å². The number of amides is 1. The van der Waals surface area contributed by atoms with Crippen LogP contribution in [-0.2, 0) is 11.4 Å². The molecule has 0 heterocycles. The Bertz CT molecular complexity index is 1240. The molecule has 0 atom stereocenters. The van der Waals surface area contributed by atoms with Gasteiger partial charge in [-0.1, -0.05) is 0 Å². The van der Waals surface area contributed by atoms with Gasteiger partial charge < -0.3 is 15.2 Å². The summed E-state index contributed by atoms with van der Waals surface area (Å²) in [6, 6.07) is 17.2. The molecule has 0 aliphatic rings. The van der Waals surface area contributed by atoms with Crippen LogP contribution in [0.4, 0.5) is 11.4 Å². The first-order valence-electron chi connectivity index (χ1n) is 9.34. The highest BCUT2D eigenvalue weighted by molar-refractivity contribution is 9.11. The largest absolute Gasteiger partial charge is 0.508 e. The first kappa shape index (κ1) is 24.0. The van der Waals surface area contributed by atoms with Gasteiger partial charge in [-0.2, -0.15) is 5.26 Å². The number of nitro benzene ring substituents is 1. The number of anilines is 1. The number of aromatic hydroxyl groups is 1.